The van der Waals surface area contributed by atoms with E-state index in [-0.39, 0.29) is 5.25 Å². The Labute approximate surface area is 89.0 Å². The van der Waals surface area contributed by atoms with Gasteiger partial charge in [0.1, 0.15) is 0 Å². The minimum absolute atomic E-state index is 0.236. The highest BCUT2D eigenvalue weighted by Crippen LogP contribution is 2.22. The second kappa shape index (κ2) is 5.74. The monoisotopic (exact) mass is 220 g/mol. The Hall–Kier alpha value is -0.0500. The Morgan fingerprint density at radius 2 is 1.50 bits per heavy atom. The van der Waals surface area contributed by atoms with Crippen molar-refractivity contribution in [2.24, 2.45) is 11.8 Å². The molecule has 0 aliphatic rings. The van der Waals surface area contributed by atoms with E-state index in [1.807, 2.05) is 0 Å². The van der Waals surface area contributed by atoms with Gasteiger partial charge in [-0.15, -0.1) is 0 Å². The van der Waals surface area contributed by atoms with Crippen LogP contribution in [0.5, 0.6) is 0 Å². The van der Waals surface area contributed by atoms with Gasteiger partial charge in [-0.25, -0.2) is 8.42 Å². The summed E-state index contributed by atoms with van der Waals surface area (Å²) < 4.78 is 23.4. The lowest BCUT2D eigenvalue weighted by atomic mass is 9.91. The predicted molar refractivity (Wildman–Crippen MR) is 62.2 cm³/mol. The summed E-state index contributed by atoms with van der Waals surface area (Å²) in [6.45, 7) is 9.86. The summed E-state index contributed by atoms with van der Waals surface area (Å²) in [5, 5.41) is -0.236. The van der Waals surface area contributed by atoms with Gasteiger partial charge in [-0.3, -0.25) is 0 Å². The Bertz CT molecular complexity index is 242. The number of rotatable bonds is 6. The summed E-state index contributed by atoms with van der Waals surface area (Å²) in [6, 6.07) is 0. The summed E-state index contributed by atoms with van der Waals surface area (Å²) in [5.41, 5.74) is 0. The quantitative estimate of drug-likeness (QED) is 0.690. The van der Waals surface area contributed by atoms with Crippen LogP contribution in [0.25, 0.3) is 0 Å². The summed E-state index contributed by atoms with van der Waals surface area (Å²) in [6.07, 6.45) is 2.02. The molecule has 0 fully saturated rings. The van der Waals surface area contributed by atoms with Gasteiger partial charge in [0, 0.05) is 0 Å². The maximum absolute atomic E-state index is 11.7. The fourth-order valence-corrected chi connectivity index (χ4v) is 3.05. The second-order valence-corrected chi connectivity index (χ2v) is 7.03. The van der Waals surface area contributed by atoms with Crippen LogP contribution in [0, 0.1) is 11.8 Å². The Kier molecular flexibility index (Phi) is 5.72. The van der Waals surface area contributed by atoms with E-state index < -0.39 is 9.84 Å². The molecule has 0 N–H and O–H groups in total. The van der Waals surface area contributed by atoms with Gasteiger partial charge in [-0.05, 0) is 25.7 Å². The lowest BCUT2D eigenvalue weighted by Gasteiger charge is -2.22. The van der Waals surface area contributed by atoms with Crippen LogP contribution >= 0.6 is 0 Å². The normalized spacial score (nSPS) is 17.0. The number of sulfone groups is 1. The summed E-state index contributed by atoms with van der Waals surface area (Å²) >= 11 is 0. The first kappa shape index (κ1) is 13.9. The Morgan fingerprint density at radius 3 is 1.79 bits per heavy atom. The van der Waals surface area contributed by atoms with E-state index in [9.17, 15) is 8.42 Å². The molecule has 0 aromatic heterocycles. The summed E-state index contributed by atoms with van der Waals surface area (Å²) in [5.74, 6) is 1.19. The van der Waals surface area contributed by atoms with Gasteiger partial charge in [0.15, 0.2) is 9.84 Å². The molecule has 0 aromatic rings. The lowest BCUT2D eigenvalue weighted by Crippen LogP contribution is -2.26. The molecule has 0 bridgehead atoms. The summed E-state index contributed by atoms with van der Waals surface area (Å²) in [7, 11) is -2.86. The van der Waals surface area contributed by atoms with Crippen molar-refractivity contribution in [1.29, 1.82) is 0 Å². The zero-order valence-electron chi connectivity index (χ0n) is 10.1. The highest BCUT2D eigenvalue weighted by molar-refractivity contribution is 7.91. The fraction of sp³-hybridized carbons (Fsp3) is 1.00. The highest BCUT2D eigenvalue weighted by Gasteiger charge is 2.24. The van der Waals surface area contributed by atoms with Crippen LogP contribution in [0.2, 0.25) is 0 Å². The first-order valence-corrected chi connectivity index (χ1v) is 7.28. The van der Waals surface area contributed by atoms with E-state index in [4.69, 9.17) is 0 Å². The van der Waals surface area contributed by atoms with Crippen molar-refractivity contribution in [3.63, 3.8) is 0 Å². The molecule has 0 rings (SSSR count). The molecule has 0 aliphatic heterocycles. The molecule has 14 heavy (non-hydrogen) atoms. The van der Waals surface area contributed by atoms with Crippen molar-refractivity contribution in [2.45, 2.75) is 52.7 Å². The van der Waals surface area contributed by atoms with Gasteiger partial charge in [0.05, 0.1) is 11.0 Å². The van der Waals surface area contributed by atoms with Crippen LogP contribution in [-0.4, -0.2) is 19.4 Å². The molecule has 0 heterocycles. The third kappa shape index (κ3) is 3.99. The maximum Gasteiger partial charge on any atom is 0.152 e. The third-order valence-corrected chi connectivity index (χ3v) is 5.47. The molecule has 0 aliphatic carbocycles. The van der Waals surface area contributed by atoms with Gasteiger partial charge >= 0.3 is 0 Å². The smallest absolute Gasteiger partial charge is 0.152 e. The van der Waals surface area contributed by atoms with Crippen molar-refractivity contribution in [1.82, 2.24) is 0 Å². The van der Waals surface area contributed by atoms with Crippen molar-refractivity contribution >= 4 is 9.84 Å². The van der Waals surface area contributed by atoms with Gasteiger partial charge < -0.3 is 0 Å². The van der Waals surface area contributed by atoms with Crippen molar-refractivity contribution in [3.8, 4) is 0 Å². The molecule has 0 spiro atoms. The summed E-state index contributed by atoms with van der Waals surface area (Å²) in [4.78, 5) is 0. The van der Waals surface area contributed by atoms with E-state index in [0.29, 0.717) is 17.6 Å². The fourth-order valence-electron chi connectivity index (χ4n) is 1.51. The minimum atomic E-state index is -2.86. The first-order valence-electron chi connectivity index (χ1n) is 5.56. The van der Waals surface area contributed by atoms with E-state index in [0.717, 1.165) is 12.8 Å². The number of hydrogen-bond acceptors (Lipinski definition) is 2. The zero-order valence-corrected chi connectivity index (χ0v) is 10.9. The van der Waals surface area contributed by atoms with E-state index >= 15 is 0 Å². The molecule has 1 unspecified atom stereocenters. The molecule has 0 saturated carbocycles. The average Bonchev–Trinajstić information content (AvgIpc) is 2.12. The van der Waals surface area contributed by atoms with Crippen LogP contribution in [0.1, 0.15) is 47.5 Å². The largest absolute Gasteiger partial charge is 0.229 e. The minimum Gasteiger partial charge on any atom is -0.229 e. The van der Waals surface area contributed by atoms with Gasteiger partial charge in [0.25, 0.3) is 0 Å². The lowest BCUT2D eigenvalue weighted by molar-refractivity contribution is 0.367. The van der Waals surface area contributed by atoms with Crippen LogP contribution in [0.15, 0.2) is 0 Å². The second-order valence-electron chi connectivity index (χ2n) is 4.43. The molecule has 86 valence electrons. The SMILES string of the molecule is CCC(C)[C@H](CC)CS(=O)(=O)C(C)C. The molecule has 0 saturated heterocycles. The topological polar surface area (TPSA) is 34.1 Å². The third-order valence-electron chi connectivity index (χ3n) is 3.14. The van der Waals surface area contributed by atoms with E-state index in [1.165, 1.54) is 0 Å². The van der Waals surface area contributed by atoms with E-state index in [2.05, 4.69) is 20.8 Å². The standard InChI is InChI=1S/C11H24O2S/c1-6-10(5)11(7-2)8-14(12,13)9(3)4/h9-11H,6-8H2,1-5H3/t10?,11-/m1/s1. The van der Waals surface area contributed by atoms with Crippen molar-refractivity contribution in [3.05, 3.63) is 0 Å². The number of hydrogen-bond donors (Lipinski definition) is 0. The molecular weight excluding hydrogens is 196 g/mol. The predicted octanol–water partition coefficient (Wildman–Crippen LogP) is 2.88. The highest BCUT2D eigenvalue weighted by atomic mass is 32.2. The van der Waals surface area contributed by atoms with Gasteiger partial charge in [0.2, 0.25) is 0 Å². The maximum atomic E-state index is 11.7. The molecule has 3 heteroatoms. The molecule has 0 aromatic carbocycles. The van der Waals surface area contributed by atoms with E-state index in [1.54, 1.807) is 13.8 Å². The van der Waals surface area contributed by atoms with Crippen molar-refractivity contribution in [2.75, 3.05) is 5.75 Å². The molecule has 0 amide bonds. The first-order chi connectivity index (χ1) is 6.35. The van der Waals surface area contributed by atoms with Crippen LogP contribution in [-0.2, 0) is 9.84 Å². The van der Waals surface area contributed by atoms with Crippen LogP contribution in [0.3, 0.4) is 0 Å². The molecule has 2 nitrogen and oxygen atoms in total. The Balaban J connectivity index is 4.47. The Morgan fingerprint density at radius 1 is 1.00 bits per heavy atom. The zero-order chi connectivity index (χ0) is 11.4. The van der Waals surface area contributed by atoms with Gasteiger partial charge in [-0.1, -0.05) is 33.6 Å². The van der Waals surface area contributed by atoms with Crippen LogP contribution < -0.4 is 0 Å². The van der Waals surface area contributed by atoms with Gasteiger partial charge in [-0.2, -0.15) is 0 Å². The molecular formula is C11H24O2S. The average molecular weight is 220 g/mol. The van der Waals surface area contributed by atoms with Crippen LogP contribution in [0.4, 0.5) is 0 Å². The molecule has 0 radical (unpaired) electrons. The molecule has 2 atom stereocenters. The van der Waals surface area contributed by atoms with Crippen molar-refractivity contribution < 1.29 is 8.42 Å².